The summed E-state index contributed by atoms with van der Waals surface area (Å²) in [6, 6.07) is 7.60. The molecule has 0 heterocycles. The van der Waals surface area contributed by atoms with E-state index in [1.54, 1.807) is 7.11 Å². The van der Waals surface area contributed by atoms with Crippen molar-refractivity contribution in [3.63, 3.8) is 0 Å². The zero-order chi connectivity index (χ0) is 12.7. The minimum Gasteiger partial charge on any atom is -0.393 e. The van der Waals surface area contributed by atoms with E-state index in [1.165, 1.54) is 0 Å². The summed E-state index contributed by atoms with van der Waals surface area (Å²) in [4.78, 5) is 11.7. The third-order valence-electron chi connectivity index (χ3n) is 2.20. The highest BCUT2D eigenvalue weighted by atomic mass is 32.1. The van der Waals surface area contributed by atoms with Crippen LogP contribution in [0.3, 0.4) is 0 Å². The zero-order valence-corrected chi connectivity index (χ0v) is 10.5. The molecule has 0 aliphatic carbocycles. The summed E-state index contributed by atoms with van der Waals surface area (Å²) >= 11 is 4.69. The van der Waals surface area contributed by atoms with Gasteiger partial charge in [0.2, 0.25) is 5.91 Å². The number of nitrogens with one attached hydrogen (secondary N) is 1. The highest BCUT2D eigenvalue weighted by molar-refractivity contribution is 7.80. The van der Waals surface area contributed by atoms with E-state index in [1.807, 2.05) is 24.3 Å². The van der Waals surface area contributed by atoms with E-state index in [-0.39, 0.29) is 17.3 Å². The highest BCUT2D eigenvalue weighted by Crippen LogP contribution is 2.15. The molecule has 1 amide bonds. The Morgan fingerprint density at radius 2 is 2.18 bits per heavy atom. The number of rotatable bonds is 6. The minimum absolute atomic E-state index is 0.0634. The van der Waals surface area contributed by atoms with Crippen molar-refractivity contribution < 1.29 is 9.53 Å². The standard InChI is InChI=1S/C12H16N2O2S/c1-16-7-6-9-4-2-3-5-10(9)14-12(15)8-11(13)17/h2-5H,6-8H2,1H3,(H2,13,17)(H,14,15). The van der Waals surface area contributed by atoms with Crippen LogP contribution in [0, 0.1) is 0 Å². The first kappa shape index (κ1) is 13.6. The summed E-state index contributed by atoms with van der Waals surface area (Å²) in [6.07, 6.45) is 0.813. The molecule has 0 saturated carbocycles. The number of methoxy groups -OCH3 is 1. The summed E-state index contributed by atoms with van der Waals surface area (Å²) in [6.45, 7) is 0.613. The molecule has 0 unspecified atom stereocenters. The number of benzene rings is 1. The first-order valence-electron chi connectivity index (χ1n) is 5.28. The smallest absolute Gasteiger partial charge is 0.231 e. The maximum Gasteiger partial charge on any atom is 0.231 e. The Kier molecular flexibility index (Phi) is 5.59. The van der Waals surface area contributed by atoms with Crippen molar-refractivity contribution in [1.82, 2.24) is 0 Å². The Bertz CT molecular complexity index is 407. The van der Waals surface area contributed by atoms with Gasteiger partial charge in [-0.25, -0.2) is 0 Å². The molecule has 0 fully saturated rings. The lowest BCUT2D eigenvalue weighted by Gasteiger charge is -2.10. The van der Waals surface area contributed by atoms with E-state index >= 15 is 0 Å². The third-order valence-corrected chi connectivity index (χ3v) is 2.35. The minimum atomic E-state index is -0.192. The van der Waals surface area contributed by atoms with Gasteiger partial charge in [-0.3, -0.25) is 4.79 Å². The second kappa shape index (κ2) is 6.98. The van der Waals surface area contributed by atoms with Gasteiger partial charge < -0.3 is 15.8 Å². The van der Waals surface area contributed by atoms with Gasteiger partial charge in [0.25, 0.3) is 0 Å². The summed E-state index contributed by atoms with van der Waals surface area (Å²) in [5.74, 6) is -0.192. The Morgan fingerprint density at radius 1 is 1.47 bits per heavy atom. The van der Waals surface area contributed by atoms with Gasteiger partial charge in [-0.05, 0) is 18.1 Å². The van der Waals surface area contributed by atoms with Gasteiger partial charge in [-0.2, -0.15) is 0 Å². The van der Waals surface area contributed by atoms with Crippen LogP contribution < -0.4 is 11.1 Å². The number of thiocarbonyl (C=S) groups is 1. The van der Waals surface area contributed by atoms with E-state index in [0.29, 0.717) is 6.61 Å². The van der Waals surface area contributed by atoms with Gasteiger partial charge >= 0.3 is 0 Å². The number of hydrogen-bond acceptors (Lipinski definition) is 3. The van der Waals surface area contributed by atoms with E-state index in [9.17, 15) is 4.79 Å². The van der Waals surface area contributed by atoms with Crippen LogP contribution in [-0.2, 0) is 16.0 Å². The molecule has 5 heteroatoms. The number of anilines is 1. The van der Waals surface area contributed by atoms with E-state index < -0.39 is 0 Å². The molecule has 1 rings (SSSR count). The van der Waals surface area contributed by atoms with Gasteiger partial charge in [-0.15, -0.1) is 0 Å². The fourth-order valence-electron chi connectivity index (χ4n) is 1.42. The van der Waals surface area contributed by atoms with Crippen LogP contribution in [-0.4, -0.2) is 24.6 Å². The number of amides is 1. The molecule has 1 aromatic rings. The van der Waals surface area contributed by atoms with E-state index in [4.69, 9.17) is 10.5 Å². The molecule has 4 nitrogen and oxygen atoms in total. The molecule has 0 aliphatic rings. The molecule has 3 N–H and O–H groups in total. The lowest BCUT2D eigenvalue weighted by molar-refractivity contribution is -0.115. The summed E-state index contributed by atoms with van der Waals surface area (Å²) in [5, 5.41) is 2.79. The molecule has 0 aliphatic heterocycles. The van der Waals surface area contributed by atoms with Gasteiger partial charge in [0.05, 0.1) is 18.0 Å². The molecule has 0 bridgehead atoms. The molecule has 0 aromatic heterocycles. The van der Waals surface area contributed by atoms with Gasteiger partial charge in [0.15, 0.2) is 0 Å². The Hall–Kier alpha value is -1.46. The number of ether oxygens (including phenoxy) is 1. The number of hydrogen-bond donors (Lipinski definition) is 2. The molecule has 92 valence electrons. The number of carbonyl (C=O) groups is 1. The van der Waals surface area contributed by atoms with E-state index in [0.717, 1.165) is 17.7 Å². The molecule has 0 atom stereocenters. The molecule has 0 saturated heterocycles. The first-order chi connectivity index (χ1) is 8.13. The molecular weight excluding hydrogens is 236 g/mol. The summed E-state index contributed by atoms with van der Waals surface area (Å²) in [7, 11) is 1.65. The lowest BCUT2D eigenvalue weighted by Crippen LogP contribution is -2.20. The first-order valence-corrected chi connectivity index (χ1v) is 5.69. The van der Waals surface area contributed by atoms with Crippen LogP contribution >= 0.6 is 12.2 Å². The predicted octanol–water partition coefficient (Wildman–Crippen LogP) is 1.49. The predicted molar refractivity (Wildman–Crippen MR) is 72.1 cm³/mol. The maximum absolute atomic E-state index is 11.5. The van der Waals surface area contributed by atoms with Gasteiger partial charge in [0, 0.05) is 12.8 Å². The van der Waals surface area contributed by atoms with Crippen LogP contribution in [0.1, 0.15) is 12.0 Å². The van der Waals surface area contributed by atoms with Crippen LogP contribution in [0.25, 0.3) is 0 Å². The van der Waals surface area contributed by atoms with Crippen LogP contribution in [0.5, 0.6) is 0 Å². The Balaban J connectivity index is 2.69. The number of para-hydroxylation sites is 1. The van der Waals surface area contributed by atoms with Gasteiger partial charge in [-0.1, -0.05) is 30.4 Å². The van der Waals surface area contributed by atoms with E-state index in [2.05, 4.69) is 17.5 Å². The van der Waals surface area contributed by atoms with Crippen molar-refractivity contribution in [2.75, 3.05) is 19.0 Å². The number of carbonyl (C=O) groups excluding carboxylic acids is 1. The molecule has 1 aromatic carbocycles. The number of nitrogens with two attached hydrogens (primary N) is 1. The molecule has 17 heavy (non-hydrogen) atoms. The van der Waals surface area contributed by atoms with Crippen molar-refractivity contribution in [2.45, 2.75) is 12.8 Å². The normalized spacial score (nSPS) is 9.94. The van der Waals surface area contributed by atoms with Crippen LogP contribution in [0.2, 0.25) is 0 Å². The third kappa shape index (κ3) is 4.93. The SMILES string of the molecule is COCCc1ccccc1NC(=O)CC(N)=S. The van der Waals surface area contributed by atoms with Gasteiger partial charge in [0.1, 0.15) is 0 Å². The molecule has 0 radical (unpaired) electrons. The van der Waals surface area contributed by atoms with Crippen LogP contribution in [0.4, 0.5) is 5.69 Å². The topological polar surface area (TPSA) is 64.3 Å². The van der Waals surface area contributed by atoms with Crippen molar-refractivity contribution in [3.8, 4) is 0 Å². The summed E-state index contributed by atoms with van der Waals surface area (Å²) in [5.41, 5.74) is 7.13. The Labute approximate surface area is 106 Å². The fourth-order valence-corrected chi connectivity index (χ4v) is 1.56. The average molecular weight is 252 g/mol. The lowest BCUT2D eigenvalue weighted by atomic mass is 10.1. The monoisotopic (exact) mass is 252 g/mol. The summed E-state index contributed by atoms with van der Waals surface area (Å²) < 4.78 is 5.02. The highest BCUT2D eigenvalue weighted by Gasteiger charge is 2.07. The Morgan fingerprint density at radius 3 is 2.82 bits per heavy atom. The van der Waals surface area contributed by atoms with Crippen LogP contribution in [0.15, 0.2) is 24.3 Å². The zero-order valence-electron chi connectivity index (χ0n) is 9.73. The molecular formula is C12H16N2O2S. The second-order valence-corrected chi connectivity index (χ2v) is 4.12. The molecule has 0 spiro atoms. The van der Waals surface area contributed by atoms with Crippen molar-refractivity contribution >= 4 is 28.8 Å². The van der Waals surface area contributed by atoms with Crippen molar-refractivity contribution in [2.24, 2.45) is 5.73 Å². The quantitative estimate of drug-likeness (QED) is 0.753. The second-order valence-electron chi connectivity index (χ2n) is 3.59. The average Bonchev–Trinajstić information content (AvgIpc) is 2.26. The van der Waals surface area contributed by atoms with Crippen molar-refractivity contribution in [1.29, 1.82) is 0 Å². The largest absolute Gasteiger partial charge is 0.393 e. The van der Waals surface area contributed by atoms with Crippen molar-refractivity contribution in [3.05, 3.63) is 29.8 Å². The fraction of sp³-hybridized carbons (Fsp3) is 0.333. The maximum atomic E-state index is 11.5.